The molecule has 0 aliphatic rings. The molecule has 0 aliphatic carbocycles. The van der Waals surface area contributed by atoms with Gasteiger partial charge in [-0.2, -0.15) is 0 Å². The minimum absolute atomic E-state index is 0.00411. The van der Waals surface area contributed by atoms with Crippen LogP contribution in [0.2, 0.25) is 0 Å². The molecule has 0 radical (unpaired) electrons. The summed E-state index contributed by atoms with van der Waals surface area (Å²) >= 11 is 1.13. The van der Waals surface area contributed by atoms with Crippen LogP contribution in [0.1, 0.15) is 18.1 Å². The van der Waals surface area contributed by atoms with Gasteiger partial charge in [0.1, 0.15) is 0 Å². The van der Waals surface area contributed by atoms with Gasteiger partial charge in [0.2, 0.25) is 11.8 Å². The molecule has 2 N–H and O–H groups in total. The van der Waals surface area contributed by atoms with Gasteiger partial charge in [0, 0.05) is 6.92 Å². The minimum Gasteiger partial charge on any atom is -0.274 e. The summed E-state index contributed by atoms with van der Waals surface area (Å²) in [7, 11) is 0. The number of nitrogens with zero attached hydrogens (tertiary/aromatic N) is 2. The van der Waals surface area contributed by atoms with Crippen LogP contribution in [-0.4, -0.2) is 27.1 Å². The lowest BCUT2D eigenvalue weighted by atomic mass is 10.1. The Morgan fingerprint density at radius 2 is 1.75 bits per heavy atom. The zero-order chi connectivity index (χ0) is 20.3. The molecular weight excluding hydrogens is 376 g/mol. The molecule has 3 rings (SSSR count). The number of hydrazine groups is 1. The highest BCUT2D eigenvalue weighted by Crippen LogP contribution is 2.22. The molecule has 0 saturated carbocycles. The molecule has 3 aromatic rings. The van der Waals surface area contributed by atoms with E-state index in [2.05, 4.69) is 15.8 Å². The van der Waals surface area contributed by atoms with Gasteiger partial charge in [-0.3, -0.25) is 29.8 Å². The topological polar surface area (TPSA) is 93.1 Å². The Morgan fingerprint density at radius 1 is 1.07 bits per heavy atom. The maximum Gasteiger partial charge on any atom is 0.266 e. The molecule has 0 unspecified atom stereocenters. The number of hydrogen-bond acceptors (Lipinski definition) is 5. The number of aryl methyl sites for hydroxylation is 2. The summed E-state index contributed by atoms with van der Waals surface area (Å²) in [4.78, 5) is 40.7. The molecular formula is C20H20N4O3S. The van der Waals surface area contributed by atoms with Crippen molar-refractivity contribution in [2.75, 3.05) is 5.75 Å². The number of amides is 2. The molecule has 0 atom stereocenters. The first-order chi connectivity index (χ1) is 13.3. The number of carbonyl (C=O) groups is 2. The number of aromatic nitrogens is 2. The lowest BCUT2D eigenvalue weighted by Crippen LogP contribution is -2.41. The highest BCUT2D eigenvalue weighted by Gasteiger charge is 2.15. The van der Waals surface area contributed by atoms with Crippen molar-refractivity contribution < 1.29 is 9.59 Å². The van der Waals surface area contributed by atoms with Gasteiger partial charge in [-0.25, -0.2) is 4.98 Å². The van der Waals surface area contributed by atoms with Gasteiger partial charge < -0.3 is 0 Å². The van der Waals surface area contributed by atoms with Crippen molar-refractivity contribution in [1.82, 2.24) is 20.4 Å². The van der Waals surface area contributed by atoms with Crippen LogP contribution in [0.25, 0.3) is 16.6 Å². The molecule has 0 fully saturated rings. The molecule has 1 heterocycles. The van der Waals surface area contributed by atoms with Crippen molar-refractivity contribution in [3.8, 4) is 5.69 Å². The lowest BCUT2D eigenvalue weighted by Gasteiger charge is -2.14. The molecule has 8 heteroatoms. The first-order valence-electron chi connectivity index (χ1n) is 8.64. The van der Waals surface area contributed by atoms with E-state index in [0.717, 1.165) is 22.9 Å². The number of thioether (sulfide) groups is 1. The highest BCUT2D eigenvalue weighted by molar-refractivity contribution is 7.99. The molecule has 2 aromatic carbocycles. The molecule has 7 nitrogen and oxygen atoms in total. The molecule has 144 valence electrons. The van der Waals surface area contributed by atoms with Crippen molar-refractivity contribution in [3.05, 3.63) is 63.9 Å². The number of fused-ring (bicyclic) bond motifs is 1. The monoisotopic (exact) mass is 396 g/mol. The summed E-state index contributed by atoms with van der Waals surface area (Å²) in [6, 6.07) is 13.0. The first kappa shape index (κ1) is 19.6. The number of para-hydroxylation sites is 1. The first-order valence-corrected chi connectivity index (χ1v) is 9.62. The van der Waals surface area contributed by atoms with Crippen LogP contribution in [-0.2, 0) is 9.59 Å². The predicted molar refractivity (Wildman–Crippen MR) is 109 cm³/mol. The van der Waals surface area contributed by atoms with Gasteiger partial charge in [0.05, 0.1) is 22.3 Å². The molecule has 0 bridgehead atoms. The predicted octanol–water partition coefficient (Wildman–Crippen LogP) is 2.26. The third-order valence-corrected chi connectivity index (χ3v) is 4.86. The second-order valence-corrected chi connectivity index (χ2v) is 7.36. The Labute approximate surface area is 166 Å². The third kappa shape index (κ3) is 4.40. The average Bonchev–Trinajstić information content (AvgIpc) is 2.64. The molecule has 0 saturated heterocycles. The van der Waals surface area contributed by atoms with Crippen LogP contribution >= 0.6 is 11.8 Å². The molecule has 0 aliphatic heterocycles. The van der Waals surface area contributed by atoms with Gasteiger partial charge in [-0.15, -0.1) is 0 Å². The minimum atomic E-state index is -0.394. The quantitative estimate of drug-likeness (QED) is 0.401. The number of nitrogens with one attached hydrogen (secondary N) is 2. The summed E-state index contributed by atoms with van der Waals surface area (Å²) in [5, 5.41) is 0.917. The van der Waals surface area contributed by atoms with Crippen LogP contribution in [0.15, 0.2) is 52.4 Å². The summed E-state index contributed by atoms with van der Waals surface area (Å²) in [6.07, 6.45) is 0. The summed E-state index contributed by atoms with van der Waals surface area (Å²) in [5.41, 5.74) is 7.67. The van der Waals surface area contributed by atoms with Crippen molar-refractivity contribution in [2.24, 2.45) is 0 Å². The van der Waals surface area contributed by atoms with Crippen LogP contribution in [0.4, 0.5) is 0 Å². The van der Waals surface area contributed by atoms with E-state index in [1.807, 2.05) is 38.1 Å². The summed E-state index contributed by atoms with van der Waals surface area (Å²) in [5.74, 6) is -0.764. The van der Waals surface area contributed by atoms with E-state index in [1.165, 1.54) is 11.5 Å². The molecule has 1 aromatic heterocycles. The van der Waals surface area contributed by atoms with Crippen LogP contribution < -0.4 is 16.4 Å². The van der Waals surface area contributed by atoms with E-state index in [4.69, 9.17) is 0 Å². The largest absolute Gasteiger partial charge is 0.274 e. The second kappa shape index (κ2) is 8.26. The van der Waals surface area contributed by atoms with Crippen LogP contribution in [0.5, 0.6) is 0 Å². The van der Waals surface area contributed by atoms with Crippen LogP contribution in [0.3, 0.4) is 0 Å². The lowest BCUT2D eigenvalue weighted by molar-refractivity contribution is -0.126. The van der Waals surface area contributed by atoms with E-state index in [9.17, 15) is 14.4 Å². The fourth-order valence-electron chi connectivity index (χ4n) is 2.84. The van der Waals surface area contributed by atoms with Crippen molar-refractivity contribution in [1.29, 1.82) is 0 Å². The maximum absolute atomic E-state index is 13.2. The zero-order valence-corrected chi connectivity index (χ0v) is 16.6. The van der Waals surface area contributed by atoms with E-state index >= 15 is 0 Å². The fraction of sp³-hybridized carbons (Fsp3) is 0.200. The number of benzene rings is 2. The number of rotatable bonds is 4. The second-order valence-electron chi connectivity index (χ2n) is 6.42. The SMILES string of the molecule is CC(=O)NNC(=O)CSc1nc2ccccc2c(=O)n1-c1cc(C)cc(C)c1. The highest BCUT2D eigenvalue weighted by atomic mass is 32.2. The van der Waals surface area contributed by atoms with Gasteiger partial charge in [-0.05, 0) is 49.2 Å². The van der Waals surface area contributed by atoms with Crippen LogP contribution in [0, 0.1) is 13.8 Å². The molecule has 2 amide bonds. The van der Waals surface area contributed by atoms with Gasteiger partial charge >= 0.3 is 0 Å². The Bertz CT molecular complexity index is 1100. The Balaban J connectivity index is 2.06. The van der Waals surface area contributed by atoms with Crippen molar-refractivity contribution >= 4 is 34.5 Å². The standard InChI is InChI=1S/C20H20N4O3S/c1-12-8-13(2)10-15(9-12)24-19(27)16-6-4-5-7-17(16)21-20(24)28-11-18(26)23-22-14(3)25/h4-10H,11H2,1-3H3,(H,22,25)(H,23,26). The molecule has 0 spiro atoms. The summed E-state index contributed by atoms with van der Waals surface area (Å²) in [6.45, 7) is 5.23. The van der Waals surface area contributed by atoms with Gasteiger partial charge in [0.25, 0.3) is 5.56 Å². The van der Waals surface area contributed by atoms with E-state index < -0.39 is 5.91 Å². The van der Waals surface area contributed by atoms with Gasteiger partial charge in [0.15, 0.2) is 5.16 Å². The summed E-state index contributed by atoms with van der Waals surface area (Å²) < 4.78 is 1.53. The normalized spacial score (nSPS) is 10.7. The van der Waals surface area contributed by atoms with Crippen molar-refractivity contribution in [2.45, 2.75) is 25.9 Å². The maximum atomic E-state index is 13.2. The average molecular weight is 396 g/mol. The van der Waals surface area contributed by atoms with E-state index in [-0.39, 0.29) is 17.2 Å². The third-order valence-electron chi connectivity index (χ3n) is 3.92. The fourth-order valence-corrected chi connectivity index (χ4v) is 3.65. The Morgan fingerprint density at radius 3 is 2.43 bits per heavy atom. The smallest absolute Gasteiger partial charge is 0.266 e. The van der Waals surface area contributed by atoms with E-state index in [0.29, 0.717) is 21.7 Å². The van der Waals surface area contributed by atoms with E-state index in [1.54, 1.807) is 18.2 Å². The Kier molecular flexibility index (Phi) is 5.79. The van der Waals surface area contributed by atoms with Gasteiger partial charge in [-0.1, -0.05) is 30.0 Å². The van der Waals surface area contributed by atoms with Crippen molar-refractivity contribution in [3.63, 3.8) is 0 Å². The Hall–Kier alpha value is -3.13. The number of carbonyl (C=O) groups excluding carboxylic acids is 2. The molecule has 28 heavy (non-hydrogen) atoms. The number of hydrogen-bond donors (Lipinski definition) is 2. The zero-order valence-electron chi connectivity index (χ0n) is 15.8.